The second kappa shape index (κ2) is 8.74. The van der Waals surface area contributed by atoms with Gasteiger partial charge in [0.2, 0.25) is 5.88 Å². The predicted molar refractivity (Wildman–Crippen MR) is 115 cm³/mol. The summed E-state index contributed by atoms with van der Waals surface area (Å²) in [7, 11) is 2.01. The summed E-state index contributed by atoms with van der Waals surface area (Å²) < 4.78 is 6.18. The van der Waals surface area contributed by atoms with Crippen LogP contribution < -0.4 is 4.74 Å². The fourth-order valence-corrected chi connectivity index (χ4v) is 3.28. The topological polar surface area (TPSA) is 50.6 Å². The lowest BCUT2D eigenvalue weighted by molar-refractivity contribution is 0.453. The van der Waals surface area contributed by atoms with E-state index < -0.39 is 0 Å². The number of nitrogens with zero attached hydrogens (tertiary/aromatic N) is 4. The molecule has 0 radical (unpaired) electrons. The third-order valence-corrected chi connectivity index (χ3v) is 4.83. The highest BCUT2D eigenvalue weighted by Crippen LogP contribution is 2.34. The van der Waals surface area contributed by atoms with Gasteiger partial charge in [-0.15, -0.1) is 11.8 Å². The van der Waals surface area contributed by atoms with Gasteiger partial charge in [-0.05, 0) is 51.0 Å². The van der Waals surface area contributed by atoms with E-state index in [4.69, 9.17) is 4.74 Å². The molecule has 2 aromatic rings. The first-order valence-electron chi connectivity index (χ1n) is 9.15. The van der Waals surface area contributed by atoms with Crippen molar-refractivity contribution in [2.75, 3.05) is 13.6 Å². The van der Waals surface area contributed by atoms with Gasteiger partial charge < -0.3 is 9.64 Å². The van der Waals surface area contributed by atoms with Crippen molar-refractivity contribution in [3.05, 3.63) is 35.2 Å². The molecule has 0 saturated heterocycles. The number of rotatable bonds is 6. The minimum absolute atomic E-state index is 0.0792. The molecule has 0 unspecified atom stereocenters. The van der Waals surface area contributed by atoms with E-state index in [1.54, 1.807) is 11.8 Å². The third kappa shape index (κ3) is 6.54. The van der Waals surface area contributed by atoms with Crippen LogP contribution in [0.4, 0.5) is 5.69 Å². The molecule has 1 heterocycles. The molecule has 0 fully saturated rings. The Kier molecular flexibility index (Phi) is 6.87. The number of aliphatic imine (C=N–C) groups is 1. The van der Waals surface area contributed by atoms with E-state index in [0.29, 0.717) is 11.7 Å². The molecule has 1 aromatic carbocycles. The summed E-state index contributed by atoms with van der Waals surface area (Å²) in [5.74, 6) is 2.07. The Hall–Kier alpha value is -2.08. The quantitative estimate of drug-likeness (QED) is 0.276. The van der Waals surface area contributed by atoms with Crippen LogP contribution >= 0.6 is 11.8 Å². The molecule has 5 nitrogen and oxygen atoms in total. The Bertz CT molecular complexity index is 828. The average molecular weight is 387 g/mol. The Labute approximate surface area is 167 Å². The summed E-state index contributed by atoms with van der Waals surface area (Å²) in [5, 5.41) is 0.920. The van der Waals surface area contributed by atoms with Crippen molar-refractivity contribution in [3.8, 4) is 11.6 Å². The minimum atomic E-state index is 0.0792. The summed E-state index contributed by atoms with van der Waals surface area (Å²) in [6.45, 7) is 15.5. The fourth-order valence-electron chi connectivity index (χ4n) is 2.31. The molecular formula is C21H30N4OS. The molecule has 2 rings (SSSR count). The smallest absolute Gasteiger partial charge is 0.223 e. The van der Waals surface area contributed by atoms with Crippen molar-refractivity contribution in [2.24, 2.45) is 4.99 Å². The molecule has 0 atom stereocenters. The molecule has 0 saturated carbocycles. The molecule has 0 bridgehead atoms. The monoisotopic (exact) mass is 386 g/mol. The first-order chi connectivity index (χ1) is 12.6. The first kappa shape index (κ1) is 21.2. The van der Waals surface area contributed by atoms with Gasteiger partial charge in [0.25, 0.3) is 0 Å². The standard InChI is InChI=1S/C21H30N4OS/c1-9-25(8)13-22-17-10-15(3)18(11-14(17)2)26-19-12-20(24-16(4)23-19)27-21(5,6)7/h10-13H,9H2,1-8H3. The normalized spacial score (nSPS) is 11.9. The maximum absolute atomic E-state index is 6.10. The van der Waals surface area contributed by atoms with E-state index >= 15 is 0 Å². The lowest BCUT2D eigenvalue weighted by atomic mass is 10.1. The van der Waals surface area contributed by atoms with Gasteiger partial charge in [0.15, 0.2) is 0 Å². The number of hydrogen-bond donors (Lipinski definition) is 0. The number of thioether (sulfide) groups is 1. The summed E-state index contributed by atoms with van der Waals surface area (Å²) in [6.07, 6.45) is 1.85. The number of aromatic nitrogens is 2. The molecule has 0 aliphatic carbocycles. The van der Waals surface area contributed by atoms with E-state index in [-0.39, 0.29) is 4.75 Å². The van der Waals surface area contributed by atoms with Crippen molar-refractivity contribution in [1.82, 2.24) is 14.9 Å². The van der Waals surface area contributed by atoms with Crippen LogP contribution in [0.1, 0.15) is 44.6 Å². The molecule has 0 N–H and O–H groups in total. The van der Waals surface area contributed by atoms with Crippen molar-refractivity contribution >= 4 is 23.8 Å². The van der Waals surface area contributed by atoms with Gasteiger partial charge >= 0.3 is 0 Å². The number of hydrogen-bond acceptors (Lipinski definition) is 5. The van der Waals surface area contributed by atoms with Gasteiger partial charge in [0.1, 0.15) is 16.6 Å². The molecule has 0 spiro atoms. The second-order valence-corrected chi connectivity index (χ2v) is 9.48. The first-order valence-corrected chi connectivity index (χ1v) is 9.97. The third-order valence-electron chi connectivity index (χ3n) is 3.80. The zero-order valence-electron chi connectivity index (χ0n) is 17.6. The lowest BCUT2D eigenvalue weighted by Crippen LogP contribution is -2.14. The van der Waals surface area contributed by atoms with Gasteiger partial charge in [0, 0.05) is 24.4 Å². The average Bonchev–Trinajstić information content (AvgIpc) is 2.54. The van der Waals surface area contributed by atoms with E-state index in [0.717, 1.165) is 34.1 Å². The van der Waals surface area contributed by atoms with Crippen molar-refractivity contribution in [2.45, 2.75) is 58.2 Å². The largest absolute Gasteiger partial charge is 0.439 e. The van der Waals surface area contributed by atoms with E-state index in [9.17, 15) is 0 Å². The zero-order valence-corrected chi connectivity index (χ0v) is 18.4. The SMILES string of the molecule is CCN(C)C=Nc1cc(C)c(Oc2cc(SC(C)(C)C)nc(C)n2)cc1C. The van der Waals surface area contributed by atoms with Gasteiger partial charge in [0.05, 0.1) is 12.0 Å². The van der Waals surface area contributed by atoms with Crippen LogP contribution in [-0.2, 0) is 0 Å². The highest BCUT2D eigenvalue weighted by molar-refractivity contribution is 8.00. The maximum atomic E-state index is 6.10. The van der Waals surface area contributed by atoms with E-state index in [2.05, 4.69) is 42.7 Å². The molecule has 1 aromatic heterocycles. The molecule has 6 heteroatoms. The van der Waals surface area contributed by atoms with Gasteiger partial charge in [-0.1, -0.05) is 20.8 Å². The predicted octanol–water partition coefficient (Wildman–Crippen LogP) is 5.70. The van der Waals surface area contributed by atoms with Gasteiger partial charge in [-0.25, -0.2) is 9.98 Å². The number of aryl methyl sites for hydroxylation is 3. The highest BCUT2D eigenvalue weighted by atomic mass is 32.2. The van der Waals surface area contributed by atoms with Crippen molar-refractivity contribution in [1.29, 1.82) is 0 Å². The zero-order chi connectivity index (χ0) is 20.2. The summed E-state index contributed by atoms with van der Waals surface area (Å²) in [5.41, 5.74) is 3.03. The summed E-state index contributed by atoms with van der Waals surface area (Å²) in [6, 6.07) is 5.96. The molecule has 0 amide bonds. The minimum Gasteiger partial charge on any atom is -0.439 e. The Morgan fingerprint density at radius 2 is 1.81 bits per heavy atom. The summed E-state index contributed by atoms with van der Waals surface area (Å²) >= 11 is 1.71. The van der Waals surface area contributed by atoms with E-state index in [1.807, 2.05) is 57.3 Å². The number of benzene rings is 1. The van der Waals surface area contributed by atoms with Crippen LogP contribution in [0.5, 0.6) is 11.6 Å². The Morgan fingerprint density at radius 1 is 1.11 bits per heavy atom. The molecule has 146 valence electrons. The Balaban J connectivity index is 2.27. The lowest BCUT2D eigenvalue weighted by Gasteiger charge is -2.17. The van der Waals surface area contributed by atoms with Crippen LogP contribution in [0, 0.1) is 20.8 Å². The molecular weight excluding hydrogens is 356 g/mol. The van der Waals surface area contributed by atoms with Crippen LogP contribution in [0.25, 0.3) is 0 Å². The second-order valence-electron chi connectivity index (χ2n) is 7.63. The van der Waals surface area contributed by atoms with Crippen molar-refractivity contribution < 1.29 is 4.74 Å². The highest BCUT2D eigenvalue weighted by Gasteiger charge is 2.15. The van der Waals surface area contributed by atoms with Crippen molar-refractivity contribution in [3.63, 3.8) is 0 Å². The summed E-state index contributed by atoms with van der Waals surface area (Å²) in [4.78, 5) is 15.6. The van der Waals surface area contributed by atoms with Crippen LogP contribution in [0.3, 0.4) is 0 Å². The molecule has 0 aliphatic heterocycles. The van der Waals surface area contributed by atoms with Crippen LogP contribution in [0.2, 0.25) is 0 Å². The van der Waals surface area contributed by atoms with Gasteiger partial charge in [-0.2, -0.15) is 4.98 Å². The van der Waals surface area contributed by atoms with Gasteiger partial charge in [-0.3, -0.25) is 0 Å². The van der Waals surface area contributed by atoms with Crippen LogP contribution in [0.15, 0.2) is 28.2 Å². The molecule has 27 heavy (non-hydrogen) atoms. The Morgan fingerprint density at radius 3 is 2.44 bits per heavy atom. The number of ether oxygens (including phenoxy) is 1. The van der Waals surface area contributed by atoms with E-state index in [1.165, 1.54) is 0 Å². The van der Waals surface area contributed by atoms with Crippen LogP contribution in [-0.4, -0.2) is 39.5 Å². The molecule has 0 aliphatic rings. The maximum Gasteiger partial charge on any atom is 0.223 e. The fraction of sp³-hybridized carbons (Fsp3) is 0.476.